The molecule has 2 rings (SSSR count). The molecule has 1 saturated heterocycles. The van der Waals surface area contributed by atoms with Gasteiger partial charge in [0.2, 0.25) is 0 Å². The van der Waals surface area contributed by atoms with Crippen molar-refractivity contribution in [3.8, 4) is 17.2 Å². The molecule has 5 nitrogen and oxygen atoms in total. The molecule has 0 unspecified atom stereocenters. The molecule has 20 heavy (non-hydrogen) atoms. The number of hydrogen-bond acceptors (Lipinski definition) is 5. The fraction of sp³-hybridized carbons (Fsp3) is 0.500. The number of phenolic OH excluding ortho intramolecular Hbond substituents is 3. The van der Waals surface area contributed by atoms with Crippen LogP contribution in [0.25, 0.3) is 0 Å². The Hall–Kier alpha value is -1.27. The molecule has 0 aliphatic carbocycles. The number of rotatable bonds is 1. The molecular weight excluding hydrogens is 257 g/mol. The molecule has 102 valence electrons. The Balaban J connectivity index is 2.57. The van der Waals surface area contributed by atoms with Crippen LogP contribution in [0.2, 0.25) is 0 Å². The third-order valence-electron chi connectivity index (χ3n) is 4.02. The fourth-order valence-corrected chi connectivity index (χ4v) is 1.95. The number of phenols is 3. The van der Waals surface area contributed by atoms with Gasteiger partial charge in [-0.3, -0.25) is 0 Å². The van der Waals surface area contributed by atoms with Crippen LogP contribution in [0, 0.1) is 0 Å². The minimum atomic E-state index is -1.06. The van der Waals surface area contributed by atoms with Gasteiger partial charge in [0.15, 0.2) is 5.75 Å². The molecule has 1 heterocycles. The lowest BCUT2D eigenvalue weighted by molar-refractivity contribution is 0.00578. The van der Waals surface area contributed by atoms with Gasteiger partial charge in [0.05, 0.1) is 16.7 Å². The first kappa shape index (κ1) is 15.1. The van der Waals surface area contributed by atoms with Gasteiger partial charge >= 0.3 is 7.12 Å². The van der Waals surface area contributed by atoms with Crippen molar-refractivity contribution in [2.24, 2.45) is 0 Å². The highest BCUT2D eigenvalue weighted by Gasteiger charge is 2.53. The second kappa shape index (κ2) is 4.36. The summed E-state index contributed by atoms with van der Waals surface area (Å²) in [4.78, 5) is 0. The second-order valence-corrected chi connectivity index (χ2v) is 5.88. The average molecular weight is 272 g/mol. The monoisotopic (exact) mass is 272 g/mol. The third-order valence-corrected chi connectivity index (χ3v) is 4.02. The maximum absolute atomic E-state index is 10.0. The Morgan fingerprint density at radius 2 is 1.20 bits per heavy atom. The standard InChI is InChI=1S/C12H15B3O5/c1-11(2)12(3,4)20-15(19-11)7-8(16)5(13)6(14)9(17)10(7)18/h16-18H,1-4H3. The van der Waals surface area contributed by atoms with Gasteiger partial charge in [0.1, 0.15) is 27.2 Å². The van der Waals surface area contributed by atoms with Gasteiger partial charge in [0.25, 0.3) is 0 Å². The van der Waals surface area contributed by atoms with Crippen LogP contribution in [0.4, 0.5) is 0 Å². The van der Waals surface area contributed by atoms with Crippen molar-refractivity contribution in [1.29, 1.82) is 0 Å². The molecule has 1 aromatic carbocycles. The predicted molar refractivity (Wildman–Crippen MR) is 77.9 cm³/mol. The van der Waals surface area contributed by atoms with Crippen LogP contribution in [-0.2, 0) is 9.31 Å². The van der Waals surface area contributed by atoms with Crippen molar-refractivity contribution in [3.63, 3.8) is 0 Å². The molecule has 3 N–H and O–H groups in total. The van der Waals surface area contributed by atoms with Crippen molar-refractivity contribution in [2.75, 3.05) is 0 Å². The van der Waals surface area contributed by atoms with Crippen molar-refractivity contribution in [3.05, 3.63) is 0 Å². The lowest BCUT2D eigenvalue weighted by Crippen LogP contribution is -2.41. The summed E-state index contributed by atoms with van der Waals surface area (Å²) >= 11 is 0. The van der Waals surface area contributed by atoms with Crippen molar-refractivity contribution < 1.29 is 24.6 Å². The van der Waals surface area contributed by atoms with Crippen LogP contribution in [0.1, 0.15) is 27.7 Å². The summed E-state index contributed by atoms with van der Waals surface area (Å²) in [5.74, 6) is -1.67. The molecule has 0 atom stereocenters. The van der Waals surface area contributed by atoms with E-state index in [1.807, 2.05) is 27.7 Å². The quantitative estimate of drug-likeness (QED) is 0.336. The average Bonchev–Trinajstić information content (AvgIpc) is 2.53. The Bertz CT molecular complexity index is 526. The van der Waals surface area contributed by atoms with E-state index in [-0.39, 0.29) is 16.4 Å². The summed E-state index contributed by atoms with van der Waals surface area (Å²) in [7, 11) is 10.0. The van der Waals surface area contributed by atoms with Gasteiger partial charge < -0.3 is 24.6 Å². The predicted octanol–water partition coefficient (Wildman–Crippen LogP) is -1.31. The van der Waals surface area contributed by atoms with E-state index >= 15 is 0 Å². The smallest absolute Gasteiger partial charge is 0.502 e. The van der Waals surface area contributed by atoms with Gasteiger partial charge in [-0.15, -0.1) is 0 Å². The highest BCUT2D eigenvalue weighted by atomic mass is 16.7. The zero-order valence-electron chi connectivity index (χ0n) is 11.9. The molecule has 0 spiro atoms. The fourth-order valence-electron chi connectivity index (χ4n) is 1.95. The molecule has 1 fully saturated rings. The lowest BCUT2D eigenvalue weighted by Gasteiger charge is -2.32. The summed E-state index contributed by atoms with van der Waals surface area (Å²) < 4.78 is 11.4. The van der Waals surface area contributed by atoms with E-state index in [4.69, 9.17) is 25.0 Å². The van der Waals surface area contributed by atoms with Gasteiger partial charge in [-0.1, -0.05) is 10.9 Å². The summed E-state index contributed by atoms with van der Waals surface area (Å²) in [5, 5.41) is 29.8. The van der Waals surface area contributed by atoms with Gasteiger partial charge in [0, 0.05) is 0 Å². The Kier molecular flexibility index (Phi) is 3.30. The highest BCUT2D eigenvalue weighted by Crippen LogP contribution is 2.38. The van der Waals surface area contributed by atoms with Crippen LogP contribution in [0.15, 0.2) is 0 Å². The summed E-state index contributed by atoms with van der Waals surface area (Å²) in [5.41, 5.74) is -1.98. The van der Waals surface area contributed by atoms with Gasteiger partial charge in [-0.2, -0.15) is 0 Å². The topological polar surface area (TPSA) is 79.2 Å². The summed E-state index contributed by atoms with van der Waals surface area (Å²) in [6.07, 6.45) is 0. The molecule has 8 heteroatoms. The SMILES string of the molecule is [B]c1c([B])c(O)c(B2OC(C)(C)C(C)(C)O2)c(O)c1O. The van der Waals surface area contributed by atoms with Crippen molar-refractivity contribution in [2.45, 2.75) is 38.9 Å². The van der Waals surface area contributed by atoms with Gasteiger partial charge in [-0.05, 0) is 27.7 Å². The number of aromatic hydroxyl groups is 3. The molecule has 1 aromatic rings. The minimum Gasteiger partial charge on any atom is -0.509 e. The molecular formula is C12H15B3O5. The van der Waals surface area contributed by atoms with E-state index in [1.54, 1.807) is 0 Å². The highest BCUT2D eigenvalue weighted by molar-refractivity contribution is 6.66. The Labute approximate surface area is 120 Å². The van der Waals surface area contributed by atoms with Crippen LogP contribution < -0.4 is 16.4 Å². The van der Waals surface area contributed by atoms with Crippen molar-refractivity contribution in [1.82, 2.24) is 0 Å². The maximum Gasteiger partial charge on any atom is 0.502 e. The zero-order chi connectivity index (χ0) is 15.5. The first-order chi connectivity index (χ1) is 8.99. The molecule has 0 aromatic heterocycles. The van der Waals surface area contributed by atoms with Crippen LogP contribution in [0.5, 0.6) is 17.2 Å². The normalized spacial score (nSPS) is 20.3. The molecule has 1 aliphatic rings. The van der Waals surface area contributed by atoms with E-state index in [0.717, 1.165) is 0 Å². The van der Waals surface area contributed by atoms with Crippen LogP contribution in [-0.4, -0.2) is 49.3 Å². The number of hydrogen-bond donors (Lipinski definition) is 3. The maximum atomic E-state index is 10.0. The zero-order valence-corrected chi connectivity index (χ0v) is 11.9. The first-order valence-electron chi connectivity index (χ1n) is 6.17. The number of benzene rings is 1. The molecule has 0 saturated carbocycles. The molecule has 0 bridgehead atoms. The van der Waals surface area contributed by atoms with E-state index < -0.39 is 35.6 Å². The Morgan fingerprint density at radius 3 is 1.65 bits per heavy atom. The molecule has 1 aliphatic heterocycles. The molecule has 4 radical (unpaired) electrons. The largest absolute Gasteiger partial charge is 0.509 e. The van der Waals surface area contributed by atoms with E-state index in [0.29, 0.717) is 0 Å². The lowest BCUT2D eigenvalue weighted by atomic mass is 9.69. The van der Waals surface area contributed by atoms with Crippen LogP contribution >= 0.6 is 0 Å². The summed E-state index contributed by atoms with van der Waals surface area (Å²) in [6.45, 7) is 7.28. The van der Waals surface area contributed by atoms with Crippen LogP contribution in [0.3, 0.4) is 0 Å². The summed E-state index contributed by atoms with van der Waals surface area (Å²) in [6, 6.07) is 0. The molecule has 0 amide bonds. The van der Waals surface area contributed by atoms with Gasteiger partial charge in [-0.25, -0.2) is 0 Å². The van der Waals surface area contributed by atoms with Crippen molar-refractivity contribution >= 4 is 39.2 Å². The second-order valence-electron chi connectivity index (χ2n) is 5.88. The Morgan fingerprint density at radius 1 is 0.800 bits per heavy atom. The minimum absolute atomic E-state index is 0.132. The van der Waals surface area contributed by atoms with E-state index in [1.165, 1.54) is 0 Å². The van der Waals surface area contributed by atoms with E-state index in [9.17, 15) is 15.3 Å². The third kappa shape index (κ3) is 1.98. The van der Waals surface area contributed by atoms with E-state index in [2.05, 4.69) is 0 Å². The first-order valence-corrected chi connectivity index (χ1v) is 6.17.